The Kier molecular flexibility index (Phi) is 6.17. The van der Waals surface area contributed by atoms with E-state index >= 15 is 0 Å². The van der Waals surface area contributed by atoms with Crippen molar-refractivity contribution >= 4 is 26.7 Å². The van der Waals surface area contributed by atoms with Crippen molar-refractivity contribution in [1.29, 1.82) is 0 Å². The number of nitrogens with one attached hydrogen (secondary N) is 1. The molecule has 2 fully saturated rings. The van der Waals surface area contributed by atoms with E-state index in [-0.39, 0.29) is 17.2 Å². The third kappa shape index (κ3) is 4.94. The Balaban J connectivity index is 1.27. The van der Waals surface area contributed by atoms with Gasteiger partial charge in [0, 0.05) is 56.5 Å². The van der Waals surface area contributed by atoms with Crippen LogP contribution >= 0.6 is 0 Å². The Bertz CT molecular complexity index is 1220. The van der Waals surface area contributed by atoms with Crippen LogP contribution in [0.4, 0.5) is 5.69 Å². The zero-order valence-corrected chi connectivity index (χ0v) is 19.4. The molecule has 1 aliphatic carbocycles. The number of nitrogens with zero attached hydrogens (tertiary/aromatic N) is 5. The Labute approximate surface area is 193 Å². The summed E-state index contributed by atoms with van der Waals surface area (Å²) in [4.78, 5) is 11.3. The average Bonchev–Trinajstić information content (AvgIpc) is 3.28. The molecular formula is C22H28N6O4S. The molecule has 33 heavy (non-hydrogen) atoms. The Morgan fingerprint density at radius 3 is 2.58 bits per heavy atom. The second kappa shape index (κ2) is 9.24. The minimum absolute atomic E-state index is 0.00857. The molecule has 0 spiro atoms. The van der Waals surface area contributed by atoms with E-state index in [1.165, 1.54) is 10.7 Å². The van der Waals surface area contributed by atoms with Crippen LogP contribution in [0.15, 0.2) is 41.8 Å². The molecule has 176 valence electrons. The number of anilines is 1. The SMILES string of the molecule is Cn1ccc(S(=O)(=O)NC2CCC(Oc3cc(N4CCOCC4)cc4nccnc34)CC2)n1. The predicted molar refractivity (Wildman–Crippen MR) is 123 cm³/mol. The van der Waals surface area contributed by atoms with E-state index in [1.807, 2.05) is 12.1 Å². The third-order valence-electron chi connectivity index (χ3n) is 6.15. The van der Waals surface area contributed by atoms with Crippen molar-refractivity contribution in [3.63, 3.8) is 0 Å². The van der Waals surface area contributed by atoms with E-state index in [2.05, 4.69) is 24.7 Å². The normalized spacial score (nSPS) is 21.9. The molecule has 0 amide bonds. The zero-order chi connectivity index (χ0) is 22.8. The second-order valence-electron chi connectivity index (χ2n) is 8.51. The highest BCUT2D eigenvalue weighted by Gasteiger charge is 2.28. The van der Waals surface area contributed by atoms with Gasteiger partial charge in [0.2, 0.25) is 0 Å². The van der Waals surface area contributed by atoms with Gasteiger partial charge in [-0.15, -0.1) is 0 Å². The summed E-state index contributed by atoms with van der Waals surface area (Å²) >= 11 is 0. The highest BCUT2D eigenvalue weighted by Crippen LogP contribution is 2.33. The molecule has 1 saturated carbocycles. The fraction of sp³-hybridized carbons (Fsp3) is 0.500. The minimum atomic E-state index is -3.62. The summed E-state index contributed by atoms with van der Waals surface area (Å²) in [6.45, 7) is 3.06. The van der Waals surface area contributed by atoms with Crippen LogP contribution in [-0.4, -0.2) is 66.6 Å². The maximum absolute atomic E-state index is 12.6. The Morgan fingerprint density at radius 1 is 1.09 bits per heavy atom. The van der Waals surface area contributed by atoms with Gasteiger partial charge in [0.15, 0.2) is 5.03 Å². The van der Waals surface area contributed by atoms with Crippen molar-refractivity contribution in [1.82, 2.24) is 24.5 Å². The van der Waals surface area contributed by atoms with Crippen molar-refractivity contribution in [2.75, 3.05) is 31.2 Å². The number of aromatic nitrogens is 4. The quantitative estimate of drug-likeness (QED) is 0.579. The lowest BCUT2D eigenvalue weighted by atomic mass is 9.93. The fourth-order valence-corrected chi connectivity index (χ4v) is 5.69. The first-order valence-corrected chi connectivity index (χ1v) is 12.7. The molecule has 1 saturated heterocycles. The van der Waals surface area contributed by atoms with Crippen LogP contribution in [0, 0.1) is 0 Å². The van der Waals surface area contributed by atoms with Gasteiger partial charge in [0.05, 0.1) is 24.8 Å². The average molecular weight is 473 g/mol. The number of morpholine rings is 1. The number of ether oxygens (including phenoxy) is 2. The van der Waals surface area contributed by atoms with Crippen LogP contribution in [0.5, 0.6) is 5.75 Å². The molecule has 1 aliphatic heterocycles. The highest BCUT2D eigenvalue weighted by atomic mass is 32.2. The molecule has 2 aliphatic rings. The molecule has 5 rings (SSSR count). The topological polar surface area (TPSA) is 111 Å². The maximum atomic E-state index is 12.6. The molecule has 11 heteroatoms. The molecule has 10 nitrogen and oxygen atoms in total. The molecule has 2 aromatic heterocycles. The molecule has 0 bridgehead atoms. The van der Waals surface area contributed by atoms with E-state index < -0.39 is 10.0 Å². The number of hydrogen-bond acceptors (Lipinski definition) is 8. The first-order valence-electron chi connectivity index (χ1n) is 11.2. The molecule has 1 aromatic carbocycles. The minimum Gasteiger partial charge on any atom is -0.488 e. The first-order chi connectivity index (χ1) is 16.0. The zero-order valence-electron chi connectivity index (χ0n) is 18.6. The van der Waals surface area contributed by atoms with Crippen LogP contribution in [0.25, 0.3) is 11.0 Å². The number of hydrogen-bond donors (Lipinski definition) is 1. The van der Waals surface area contributed by atoms with Crippen molar-refractivity contribution in [2.24, 2.45) is 7.05 Å². The lowest BCUT2D eigenvalue weighted by molar-refractivity contribution is 0.122. The second-order valence-corrected chi connectivity index (χ2v) is 10.2. The molecule has 0 unspecified atom stereocenters. The smallest absolute Gasteiger partial charge is 0.260 e. The Hall–Kier alpha value is -2.76. The van der Waals surface area contributed by atoms with Crippen LogP contribution in [0.2, 0.25) is 0 Å². The monoisotopic (exact) mass is 472 g/mol. The largest absolute Gasteiger partial charge is 0.488 e. The first kappa shape index (κ1) is 22.1. The number of rotatable bonds is 6. The Morgan fingerprint density at radius 2 is 1.85 bits per heavy atom. The van der Waals surface area contributed by atoms with E-state index in [4.69, 9.17) is 9.47 Å². The molecule has 1 N–H and O–H groups in total. The van der Waals surface area contributed by atoms with Crippen LogP contribution < -0.4 is 14.4 Å². The summed E-state index contributed by atoms with van der Waals surface area (Å²) in [5, 5.41) is 4.06. The lowest BCUT2D eigenvalue weighted by Crippen LogP contribution is -2.39. The van der Waals surface area contributed by atoms with Gasteiger partial charge < -0.3 is 14.4 Å². The van der Waals surface area contributed by atoms with Gasteiger partial charge in [-0.1, -0.05) is 0 Å². The summed E-state index contributed by atoms with van der Waals surface area (Å²) in [5.74, 6) is 0.722. The van der Waals surface area contributed by atoms with E-state index in [1.54, 1.807) is 25.6 Å². The van der Waals surface area contributed by atoms with Gasteiger partial charge in [-0.05, 0) is 37.8 Å². The fourth-order valence-electron chi connectivity index (χ4n) is 4.42. The van der Waals surface area contributed by atoms with Gasteiger partial charge in [-0.2, -0.15) is 5.10 Å². The van der Waals surface area contributed by atoms with Crippen molar-refractivity contribution in [3.8, 4) is 5.75 Å². The van der Waals surface area contributed by atoms with Crippen molar-refractivity contribution in [2.45, 2.75) is 42.9 Å². The van der Waals surface area contributed by atoms with Gasteiger partial charge in [-0.3, -0.25) is 9.67 Å². The van der Waals surface area contributed by atoms with Crippen molar-refractivity contribution < 1.29 is 17.9 Å². The molecule has 3 aromatic rings. The summed E-state index contributed by atoms with van der Waals surface area (Å²) in [6, 6.07) is 5.46. The van der Waals surface area contributed by atoms with E-state index in [0.29, 0.717) is 26.1 Å². The maximum Gasteiger partial charge on any atom is 0.260 e. The van der Waals surface area contributed by atoms with E-state index in [9.17, 15) is 8.42 Å². The van der Waals surface area contributed by atoms with Crippen molar-refractivity contribution in [3.05, 3.63) is 36.8 Å². The highest BCUT2D eigenvalue weighted by molar-refractivity contribution is 7.89. The molecule has 0 atom stereocenters. The number of benzene rings is 1. The summed E-state index contributed by atoms with van der Waals surface area (Å²) < 4.78 is 41.3. The van der Waals surface area contributed by atoms with Gasteiger partial charge in [0.25, 0.3) is 10.0 Å². The molecular weight excluding hydrogens is 444 g/mol. The number of sulfonamides is 1. The number of fused-ring (bicyclic) bond motifs is 1. The lowest BCUT2D eigenvalue weighted by Gasteiger charge is -2.31. The van der Waals surface area contributed by atoms with Gasteiger partial charge >= 0.3 is 0 Å². The van der Waals surface area contributed by atoms with Crippen LogP contribution in [0.1, 0.15) is 25.7 Å². The predicted octanol–water partition coefficient (Wildman–Crippen LogP) is 1.87. The third-order valence-corrected chi connectivity index (χ3v) is 7.57. The van der Waals surface area contributed by atoms with Gasteiger partial charge in [-0.25, -0.2) is 18.1 Å². The molecule has 3 heterocycles. The van der Waals surface area contributed by atoms with Gasteiger partial charge in [0.1, 0.15) is 11.3 Å². The van der Waals surface area contributed by atoms with Crippen LogP contribution in [0.3, 0.4) is 0 Å². The molecule has 0 radical (unpaired) electrons. The standard InChI is InChI=1S/C22H28N6O4S/c1-27-9-6-21(25-27)33(29,30)26-16-2-4-18(5-3-16)32-20-15-17(28-10-12-31-13-11-28)14-19-22(20)24-8-7-23-19/h6-9,14-16,18,26H,2-5,10-13H2,1H3. The van der Waals surface area contributed by atoms with Crippen LogP contribution in [-0.2, 0) is 21.8 Å². The summed E-state index contributed by atoms with van der Waals surface area (Å²) in [6.07, 6.45) is 7.87. The summed E-state index contributed by atoms with van der Waals surface area (Å²) in [7, 11) is -1.92. The number of aryl methyl sites for hydroxylation is 1. The summed E-state index contributed by atoms with van der Waals surface area (Å²) in [5.41, 5.74) is 2.60. The van der Waals surface area contributed by atoms with E-state index in [0.717, 1.165) is 48.4 Å².